The Labute approximate surface area is 145 Å². The molecule has 1 aliphatic rings. The summed E-state index contributed by atoms with van der Waals surface area (Å²) in [7, 11) is 0. The van der Waals surface area contributed by atoms with E-state index in [0.717, 1.165) is 12.8 Å². The molecule has 0 spiro atoms. The van der Waals surface area contributed by atoms with Gasteiger partial charge in [-0.25, -0.2) is 4.79 Å². The third-order valence-corrected chi connectivity index (χ3v) is 4.12. The van der Waals surface area contributed by atoms with Gasteiger partial charge in [-0.3, -0.25) is 4.79 Å². The summed E-state index contributed by atoms with van der Waals surface area (Å²) < 4.78 is 10.4. The van der Waals surface area contributed by atoms with Gasteiger partial charge in [0.05, 0.1) is 5.02 Å². The Bertz CT molecular complexity index is 589. The average Bonchev–Trinajstić information content (AvgIpc) is 3.32. The number of rotatable bonds is 7. The third-order valence-electron chi connectivity index (χ3n) is 3.59. The lowest BCUT2D eigenvalue weighted by atomic mass is 10.2. The van der Waals surface area contributed by atoms with Gasteiger partial charge in [0.15, 0.2) is 12.7 Å². The lowest BCUT2D eigenvalue weighted by Gasteiger charge is -2.16. The van der Waals surface area contributed by atoms with E-state index in [0.29, 0.717) is 21.7 Å². The number of benzene rings is 1. The Hall–Kier alpha value is -1.46. The van der Waals surface area contributed by atoms with Gasteiger partial charge in [-0.1, -0.05) is 23.2 Å². The van der Waals surface area contributed by atoms with Crippen molar-refractivity contribution in [3.05, 3.63) is 28.2 Å². The Morgan fingerprint density at radius 3 is 2.61 bits per heavy atom. The van der Waals surface area contributed by atoms with E-state index in [4.69, 9.17) is 32.7 Å². The van der Waals surface area contributed by atoms with E-state index in [-0.39, 0.29) is 18.6 Å². The van der Waals surface area contributed by atoms with Crippen LogP contribution in [0.4, 0.5) is 0 Å². The topological polar surface area (TPSA) is 64.6 Å². The van der Waals surface area contributed by atoms with Crippen LogP contribution in [0.15, 0.2) is 18.2 Å². The lowest BCUT2D eigenvalue weighted by Crippen LogP contribution is -2.38. The zero-order valence-corrected chi connectivity index (χ0v) is 14.5. The molecule has 0 unspecified atom stereocenters. The fraction of sp³-hybridized carbons (Fsp3) is 0.500. The van der Waals surface area contributed by atoms with Gasteiger partial charge in [-0.2, -0.15) is 0 Å². The maximum absolute atomic E-state index is 11.9. The Balaban J connectivity index is 1.76. The Morgan fingerprint density at radius 1 is 1.30 bits per heavy atom. The van der Waals surface area contributed by atoms with E-state index < -0.39 is 12.1 Å². The van der Waals surface area contributed by atoms with Crippen molar-refractivity contribution in [2.24, 2.45) is 5.92 Å². The van der Waals surface area contributed by atoms with E-state index in [1.165, 1.54) is 13.0 Å². The number of ether oxygens (including phenoxy) is 2. The smallest absolute Gasteiger partial charge is 0.347 e. The number of hydrogen-bond acceptors (Lipinski definition) is 4. The first kappa shape index (κ1) is 17.9. The van der Waals surface area contributed by atoms with Crippen molar-refractivity contribution in [3.8, 4) is 5.75 Å². The van der Waals surface area contributed by atoms with Crippen LogP contribution in [0.1, 0.15) is 26.7 Å². The standard InChI is InChI=1S/C16H19Cl2NO4/c1-9(11-3-4-11)19-15(20)8-22-16(21)10(2)23-14-6-5-12(17)7-13(14)18/h5-7,9-11H,3-4,8H2,1-2H3,(H,19,20)/t9-,10-/m0/s1. The minimum Gasteiger partial charge on any atom is -0.477 e. The number of hydrogen-bond donors (Lipinski definition) is 1. The van der Waals surface area contributed by atoms with Crippen LogP contribution in [0, 0.1) is 5.92 Å². The van der Waals surface area contributed by atoms with Crippen LogP contribution in [0.3, 0.4) is 0 Å². The van der Waals surface area contributed by atoms with Crippen LogP contribution in [0.5, 0.6) is 5.75 Å². The first-order valence-corrected chi connectivity index (χ1v) is 8.20. The highest BCUT2D eigenvalue weighted by molar-refractivity contribution is 6.35. The zero-order valence-electron chi connectivity index (χ0n) is 13.0. The summed E-state index contributed by atoms with van der Waals surface area (Å²) in [5.74, 6) is -0.0732. The van der Waals surface area contributed by atoms with Crippen LogP contribution in [-0.4, -0.2) is 30.6 Å². The Morgan fingerprint density at radius 2 is 2.00 bits per heavy atom. The number of amides is 1. The van der Waals surface area contributed by atoms with Gasteiger partial charge in [0, 0.05) is 11.1 Å². The molecule has 1 saturated carbocycles. The molecular weight excluding hydrogens is 341 g/mol. The molecule has 0 aliphatic heterocycles. The third kappa shape index (κ3) is 5.59. The van der Waals surface area contributed by atoms with Crippen molar-refractivity contribution in [2.75, 3.05) is 6.61 Å². The molecule has 0 bridgehead atoms. The van der Waals surface area contributed by atoms with E-state index in [2.05, 4.69) is 5.32 Å². The maximum Gasteiger partial charge on any atom is 0.347 e. The molecule has 126 valence electrons. The van der Waals surface area contributed by atoms with Crippen LogP contribution in [0.2, 0.25) is 10.0 Å². The summed E-state index contributed by atoms with van der Waals surface area (Å²) in [6.07, 6.45) is 1.38. The molecule has 0 aromatic heterocycles. The molecule has 0 saturated heterocycles. The highest BCUT2D eigenvalue weighted by Gasteiger charge is 2.29. The summed E-state index contributed by atoms with van der Waals surface area (Å²) >= 11 is 11.8. The molecular formula is C16H19Cl2NO4. The molecule has 0 heterocycles. The fourth-order valence-corrected chi connectivity index (χ4v) is 2.53. The lowest BCUT2D eigenvalue weighted by molar-refractivity contribution is -0.154. The van der Waals surface area contributed by atoms with Crippen molar-refractivity contribution < 1.29 is 19.1 Å². The van der Waals surface area contributed by atoms with Crippen molar-refractivity contribution in [1.29, 1.82) is 0 Å². The molecule has 0 radical (unpaired) electrons. The van der Waals surface area contributed by atoms with Gasteiger partial charge in [0.1, 0.15) is 5.75 Å². The molecule has 2 atom stereocenters. The van der Waals surface area contributed by atoms with Crippen LogP contribution in [0.25, 0.3) is 0 Å². The van der Waals surface area contributed by atoms with Crippen LogP contribution < -0.4 is 10.1 Å². The summed E-state index contributed by atoms with van der Waals surface area (Å²) in [6.45, 7) is 3.15. The van der Waals surface area contributed by atoms with Gasteiger partial charge in [-0.05, 0) is 50.8 Å². The second-order valence-electron chi connectivity index (χ2n) is 5.64. The summed E-state index contributed by atoms with van der Waals surface area (Å²) in [6, 6.07) is 4.80. The van der Waals surface area contributed by atoms with Crippen molar-refractivity contribution in [2.45, 2.75) is 38.8 Å². The molecule has 1 N–H and O–H groups in total. The molecule has 1 aliphatic carbocycles. The molecule has 1 aromatic carbocycles. The largest absolute Gasteiger partial charge is 0.477 e. The van der Waals surface area contributed by atoms with E-state index in [1.54, 1.807) is 12.1 Å². The molecule has 2 rings (SSSR count). The van der Waals surface area contributed by atoms with E-state index >= 15 is 0 Å². The number of nitrogens with one attached hydrogen (secondary N) is 1. The Kier molecular flexibility index (Phi) is 6.13. The maximum atomic E-state index is 11.9. The predicted octanol–water partition coefficient (Wildman–Crippen LogP) is 3.22. The van der Waals surface area contributed by atoms with E-state index in [1.807, 2.05) is 6.92 Å². The predicted molar refractivity (Wildman–Crippen MR) is 87.8 cm³/mol. The molecule has 23 heavy (non-hydrogen) atoms. The van der Waals surface area contributed by atoms with Crippen molar-refractivity contribution in [1.82, 2.24) is 5.32 Å². The van der Waals surface area contributed by atoms with Gasteiger partial charge < -0.3 is 14.8 Å². The number of esters is 1. The monoisotopic (exact) mass is 359 g/mol. The quantitative estimate of drug-likeness (QED) is 0.759. The number of carbonyl (C=O) groups is 2. The average molecular weight is 360 g/mol. The van der Waals surface area contributed by atoms with Gasteiger partial charge in [0.2, 0.25) is 0 Å². The number of halogens is 2. The normalized spacial score (nSPS) is 16.3. The zero-order chi connectivity index (χ0) is 17.0. The molecule has 1 amide bonds. The molecule has 1 aromatic rings. The first-order valence-electron chi connectivity index (χ1n) is 7.44. The summed E-state index contributed by atoms with van der Waals surface area (Å²) in [5, 5.41) is 3.58. The SMILES string of the molecule is C[C@H](Oc1ccc(Cl)cc1Cl)C(=O)OCC(=O)N[C@@H](C)C1CC1. The molecule has 7 heteroatoms. The summed E-state index contributed by atoms with van der Waals surface area (Å²) in [5.41, 5.74) is 0. The molecule has 5 nitrogen and oxygen atoms in total. The minimum atomic E-state index is -0.887. The van der Waals surface area contributed by atoms with Gasteiger partial charge in [0.25, 0.3) is 5.91 Å². The first-order chi connectivity index (χ1) is 10.9. The second-order valence-corrected chi connectivity index (χ2v) is 6.48. The fourth-order valence-electron chi connectivity index (χ4n) is 2.07. The summed E-state index contributed by atoms with van der Waals surface area (Å²) in [4.78, 5) is 23.6. The van der Waals surface area contributed by atoms with Crippen LogP contribution in [-0.2, 0) is 14.3 Å². The van der Waals surface area contributed by atoms with Gasteiger partial charge in [-0.15, -0.1) is 0 Å². The number of carbonyl (C=O) groups excluding carboxylic acids is 2. The molecule has 1 fully saturated rings. The highest BCUT2D eigenvalue weighted by atomic mass is 35.5. The minimum absolute atomic E-state index is 0.114. The highest BCUT2D eigenvalue weighted by Crippen LogP contribution is 2.32. The second kappa shape index (κ2) is 7.88. The van der Waals surface area contributed by atoms with Gasteiger partial charge >= 0.3 is 5.97 Å². The van der Waals surface area contributed by atoms with Crippen LogP contribution >= 0.6 is 23.2 Å². The van der Waals surface area contributed by atoms with Crippen molar-refractivity contribution in [3.63, 3.8) is 0 Å². The van der Waals surface area contributed by atoms with Crippen molar-refractivity contribution >= 4 is 35.1 Å². The van der Waals surface area contributed by atoms with E-state index in [9.17, 15) is 9.59 Å².